The van der Waals surface area contributed by atoms with E-state index in [0.717, 1.165) is 4.31 Å². The molecule has 3 rings (SSSR count). The molecule has 0 spiro atoms. The van der Waals surface area contributed by atoms with Crippen molar-refractivity contribution in [2.45, 2.75) is 18.4 Å². The lowest BCUT2D eigenvalue weighted by atomic mass is 10.2. The molecule has 0 saturated carbocycles. The average Bonchev–Trinajstić information content (AvgIpc) is 2.79. The van der Waals surface area contributed by atoms with Crippen molar-refractivity contribution in [3.8, 4) is 0 Å². The Labute approximate surface area is 197 Å². The Kier molecular flexibility index (Phi) is 8.23. The lowest BCUT2D eigenvalue weighted by Crippen LogP contribution is -2.39. The molecule has 3 aromatic rings. The Hall–Kier alpha value is -3.89. The number of sulfonamides is 1. The largest absolute Gasteiger partial charge is 0.326 e. The molecule has 0 radical (unpaired) electrons. The van der Waals surface area contributed by atoms with E-state index in [-0.39, 0.29) is 17.3 Å². The molecular formula is C24H23FN4O4S. The van der Waals surface area contributed by atoms with Crippen LogP contribution in [0.25, 0.3) is 0 Å². The van der Waals surface area contributed by atoms with Crippen LogP contribution in [0.15, 0.2) is 88.9 Å². The SMILES string of the molecule is CC(=O)Nc1ccc(S(=O)(=O)N(CC(=O)N/N=C\c2cccc(F)c2)Cc2ccccc2)cc1. The minimum atomic E-state index is -4.06. The number of halogens is 1. The smallest absolute Gasteiger partial charge is 0.255 e. The highest BCUT2D eigenvalue weighted by atomic mass is 32.2. The van der Waals surface area contributed by atoms with Crippen molar-refractivity contribution >= 4 is 33.7 Å². The Bertz CT molecular complexity index is 1280. The van der Waals surface area contributed by atoms with E-state index in [1.807, 2.05) is 0 Å². The monoisotopic (exact) mass is 482 g/mol. The van der Waals surface area contributed by atoms with Crippen LogP contribution in [0.1, 0.15) is 18.1 Å². The van der Waals surface area contributed by atoms with Gasteiger partial charge in [-0.2, -0.15) is 9.41 Å². The fraction of sp³-hybridized carbons (Fsp3) is 0.125. The molecule has 10 heteroatoms. The molecule has 0 saturated heterocycles. The molecule has 0 aliphatic rings. The van der Waals surface area contributed by atoms with Crippen molar-refractivity contribution in [1.82, 2.24) is 9.73 Å². The number of hydrazone groups is 1. The van der Waals surface area contributed by atoms with E-state index < -0.39 is 28.3 Å². The summed E-state index contributed by atoms with van der Waals surface area (Å²) in [6.45, 7) is 0.810. The number of carbonyl (C=O) groups excluding carboxylic acids is 2. The Balaban J connectivity index is 1.78. The summed E-state index contributed by atoms with van der Waals surface area (Å²) in [5.74, 6) is -1.39. The summed E-state index contributed by atoms with van der Waals surface area (Å²) < 4.78 is 40.9. The molecule has 0 aliphatic carbocycles. The fourth-order valence-electron chi connectivity index (χ4n) is 3.04. The summed E-state index contributed by atoms with van der Waals surface area (Å²) in [6.07, 6.45) is 1.26. The van der Waals surface area contributed by atoms with Gasteiger partial charge < -0.3 is 5.32 Å². The van der Waals surface area contributed by atoms with E-state index in [9.17, 15) is 22.4 Å². The second kappa shape index (κ2) is 11.3. The predicted molar refractivity (Wildman–Crippen MR) is 127 cm³/mol. The van der Waals surface area contributed by atoms with E-state index in [0.29, 0.717) is 16.8 Å². The van der Waals surface area contributed by atoms with E-state index in [2.05, 4.69) is 15.8 Å². The van der Waals surface area contributed by atoms with Gasteiger partial charge in [0.25, 0.3) is 5.91 Å². The second-order valence-corrected chi connectivity index (χ2v) is 9.25. The molecule has 176 valence electrons. The molecule has 34 heavy (non-hydrogen) atoms. The topological polar surface area (TPSA) is 108 Å². The van der Waals surface area contributed by atoms with Crippen LogP contribution in [0, 0.1) is 5.82 Å². The van der Waals surface area contributed by atoms with Crippen LogP contribution in [0.4, 0.5) is 10.1 Å². The van der Waals surface area contributed by atoms with Gasteiger partial charge >= 0.3 is 0 Å². The lowest BCUT2D eigenvalue weighted by molar-refractivity contribution is -0.121. The summed E-state index contributed by atoms with van der Waals surface area (Å²) in [6, 6.07) is 20.1. The number of carbonyl (C=O) groups is 2. The van der Waals surface area contributed by atoms with Crippen LogP contribution in [0.2, 0.25) is 0 Å². The molecule has 2 N–H and O–H groups in total. The Morgan fingerprint density at radius 3 is 2.35 bits per heavy atom. The van der Waals surface area contributed by atoms with Crippen LogP contribution in [0.3, 0.4) is 0 Å². The van der Waals surface area contributed by atoms with E-state index in [4.69, 9.17) is 0 Å². The van der Waals surface area contributed by atoms with Crippen molar-refractivity contribution in [3.05, 3.63) is 95.8 Å². The molecule has 0 aliphatic heterocycles. The molecule has 0 aromatic heterocycles. The maximum Gasteiger partial charge on any atom is 0.255 e. The zero-order chi connectivity index (χ0) is 24.6. The number of benzene rings is 3. The van der Waals surface area contributed by atoms with Gasteiger partial charge in [-0.1, -0.05) is 42.5 Å². The molecule has 0 heterocycles. The normalized spacial score (nSPS) is 11.5. The maximum atomic E-state index is 13.3. The van der Waals surface area contributed by atoms with E-state index in [1.165, 1.54) is 55.6 Å². The van der Waals surface area contributed by atoms with Crippen LogP contribution in [0.5, 0.6) is 0 Å². The number of nitrogens with one attached hydrogen (secondary N) is 2. The fourth-order valence-corrected chi connectivity index (χ4v) is 4.42. The van der Waals surface area contributed by atoms with Gasteiger partial charge in [0, 0.05) is 19.2 Å². The van der Waals surface area contributed by atoms with Crippen molar-refractivity contribution in [2.75, 3.05) is 11.9 Å². The molecule has 0 unspecified atom stereocenters. The van der Waals surface area contributed by atoms with Gasteiger partial charge in [0.2, 0.25) is 15.9 Å². The van der Waals surface area contributed by atoms with Crippen LogP contribution in [-0.4, -0.2) is 37.3 Å². The van der Waals surface area contributed by atoms with Gasteiger partial charge in [0.15, 0.2) is 0 Å². The first kappa shape index (κ1) is 24.7. The van der Waals surface area contributed by atoms with Crippen LogP contribution < -0.4 is 10.7 Å². The average molecular weight is 483 g/mol. The number of rotatable bonds is 9. The summed E-state index contributed by atoms with van der Waals surface area (Å²) >= 11 is 0. The van der Waals surface area contributed by atoms with Gasteiger partial charge in [-0.25, -0.2) is 18.2 Å². The molecule has 2 amide bonds. The minimum absolute atomic E-state index is 0.0337. The summed E-state index contributed by atoms with van der Waals surface area (Å²) in [4.78, 5) is 23.7. The number of anilines is 1. The highest BCUT2D eigenvalue weighted by Gasteiger charge is 2.27. The standard InChI is InChI=1S/C24H23FN4O4S/c1-18(30)27-22-10-12-23(13-11-22)34(32,33)29(16-19-6-3-2-4-7-19)17-24(31)28-26-15-20-8-5-9-21(25)14-20/h2-15H,16-17H2,1H3,(H,27,30)(H,28,31)/b26-15-. The first-order chi connectivity index (χ1) is 16.2. The second-order valence-electron chi connectivity index (χ2n) is 7.31. The number of hydrogen-bond acceptors (Lipinski definition) is 5. The Morgan fingerprint density at radius 2 is 1.71 bits per heavy atom. The van der Waals surface area contributed by atoms with Gasteiger partial charge in [-0.05, 0) is 47.5 Å². The first-order valence-electron chi connectivity index (χ1n) is 10.2. The number of amides is 2. The third-order valence-corrected chi connectivity index (χ3v) is 6.39. The van der Waals surface area contributed by atoms with E-state index in [1.54, 1.807) is 36.4 Å². The highest BCUT2D eigenvalue weighted by Crippen LogP contribution is 2.20. The zero-order valence-electron chi connectivity index (χ0n) is 18.3. The van der Waals surface area contributed by atoms with Crippen molar-refractivity contribution in [3.63, 3.8) is 0 Å². The molecule has 0 bridgehead atoms. The summed E-state index contributed by atoms with van der Waals surface area (Å²) in [5, 5.41) is 6.36. The van der Waals surface area contributed by atoms with Crippen molar-refractivity contribution in [1.29, 1.82) is 0 Å². The molecule has 3 aromatic carbocycles. The minimum Gasteiger partial charge on any atom is -0.326 e. The number of hydrogen-bond donors (Lipinski definition) is 2. The predicted octanol–water partition coefficient (Wildman–Crippen LogP) is 3.13. The summed E-state index contributed by atoms with van der Waals surface area (Å²) in [7, 11) is -4.06. The third-order valence-electron chi connectivity index (χ3n) is 4.59. The van der Waals surface area contributed by atoms with E-state index >= 15 is 0 Å². The van der Waals surface area contributed by atoms with Crippen LogP contribution >= 0.6 is 0 Å². The zero-order valence-corrected chi connectivity index (χ0v) is 19.1. The summed E-state index contributed by atoms with van der Waals surface area (Å²) in [5.41, 5.74) is 3.86. The molecule has 0 fully saturated rings. The molecule has 8 nitrogen and oxygen atoms in total. The van der Waals surface area contributed by atoms with Gasteiger partial charge in [0.1, 0.15) is 5.82 Å². The molecular weight excluding hydrogens is 459 g/mol. The van der Waals surface area contributed by atoms with Crippen molar-refractivity contribution < 1.29 is 22.4 Å². The van der Waals surface area contributed by atoms with Crippen molar-refractivity contribution in [2.24, 2.45) is 5.10 Å². The maximum absolute atomic E-state index is 13.3. The number of nitrogens with zero attached hydrogens (tertiary/aromatic N) is 2. The first-order valence-corrected chi connectivity index (χ1v) is 11.7. The quantitative estimate of drug-likeness (QED) is 0.361. The van der Waals surface area contributed by atoms with Gasteiger partial charge in [0.05, 0.1) is 17.7 Å². The molecule has 0 atom stereocenters. The van der Waals surface area contributed by atoms with Gasteiger partial charge in [-0.3, -0.25) is 9.59 Å². The highest BCUT2D eigenvalue weighted by molar-refractivity contribution is 7.89. The Morgan fingerprint density at radius 1 is 1.00 bits per heavy atom. The lowest BCUT2D eigenvalue weighted by Gasteiger charge is -2.21. The third kappa shape index (κ3) is 7.06. The van der Waals surface area contributed by atoms with Gasteiger partial charge in [-0.15, -0.1) is 0 Å². The van der Waals surface area contributed by atoms with Crippen LogP contribution in [-0.2, 0) is 26.2 Å².